The molecule has 1 aromatic heterocycles. The van der Waals surface area contributed by atoms with Crippen molar-refractivity contribution < 1.29 is 17.6 Å². The van der Waals surface area contributed by atoms with E-state index in [4.69, 9.17) is 4.42 Å². The summed E-state index contributed by atoms with van der Waals surface area (Å²) in [5, 5.41) is 10.4. The van der Waals surface area contributed by atoms with E-state index in [-0.39, 0.29) is 30.5 Å². The topological polar surface area (TPSA) is 114 Å². The van der Waals surface area contributed by atoms with Crippen LogP contribution in [0.2, 0.25) is 0 Å². The van der Waals surface area contributed by atoms with Crippen molar-refractivity contribution in [1.29, 1.82) is 0 Å². The minimum atomic E-state index is -3.35. The van der Waals surface area contributed by atoms with E-state index < -0.39 is 10.0 Å². The Morgan fingerprint density at radius 1 is 1.25 bits per heavy atom. The van der Waals surface area contributed by atoms with Gasteiger partial charge in [0.1, 0.15) is 0 Å². The first-order valence-corrected chi connectivity index (χ1v) is 9.09. The molecule has 0 radical (unpaired) electrons. The molecular weight excluding hydrogens is 332 g/mol. The van der Waals surface area contributed by atoms with Crippen LogP contribution in [0.5, 0.6) is 0 Å². The van der Waals surface area contributed by atoms with Crippen LogP contribution >= 0.6 is 0 Å². The van der Waals surface area contributed by atoms with Crippen molar-refractivity contribution in [1.82, 2.24) is 20.2 Å². The largest absolute Gasteiger partial charge is 0.425 e. The average molecular weight is 352 g/mol. The van der Waals surface area contributed by atoms with Gasteiger partial charge in [0.15, 0.2) is 0 Å². The molecule has 2 rings (SSSR count). The fraction of sp³-hybridized carbons (Fsp3) is 0.400. The molecule has 1 heterocycles. The first-order valence-electron chi connectivity index (χ1n) is 7.44. The molecule has 0 aliphatic rings. The van der Waals surface area contributed by atoms with Gasteiger partial charge < -0.3 is 9.73 Å². The number of aromatic nitrogens is 2. The minimum absolute atomic E-state index is 0.0341. The summed E-state index contributed by atoms with van der Waals surface area (Å²) in [5.41, 5.74) is 0.874. The highest BCUT2D eigenvalue weighted by molar-refractivity contribution is 7.89. The Labute approximate surface area is 140 Å². The molecule has 130 valence electrons. The molecule has 2 aromatic rings. The summed E-state index contributed by atoms with van der Waals surface area (Å²) in [6.45, 7) is 1.72. The van der Waals surface area contributed by atoms with Crippen molar-refractivity contribution in [3.8, 4) is 0 Å². The number of nitrogens with zero attached hydrogens (tertiary/aromatic N) is 2. The molecule has 8 nitrogen and oxygen atoms in total. The van der Waals surface area contributed by atoms with Crippen molar-refractivity contribution in [3.63, 3.8) is 0 Å². The lowest BCUT2D eigenvalue weighted by Crippen LogP contribution is -2.33. The van der Waals surface area contributed by atoms with Gasteiger partial charge in [0, 0.05) is 19.9 Å². The quantitative estimate of drug-likeness (QED) is 0.718. The van der Waals surface area contributed by atoms with Gasteiger partial charge in [0.05, 0.1) is 11.7 Å². The molecule has 1 aromatic carbocycles. The third-order valence-corrected chi connectivity index (χ3v) is 4.80. The molecule has 0 saturated heterocycles. The number of rotatable bonds is 8. The van der Waals surface area contributed by atoms with E-state index in [0.29, 0.717) is 11.8 Å². The maximum atomic E-state index is 12.2. The van der Waals surface area contributed by atoms with Crippen LogP contribution in [0.25, 0.3) is 0 Å². The molecule has 9 heteroatoms. The van der Waals surface area contributed by atoms with Gasteiger partial charge in [-0.05, 0) is 12.6 Å². The van der Waals surface area contributed by atoms with Gasteiger partial charge >= 0.3 is 0 Å². The molecule has 0 bridgehead atoms. The van der Waals surface area contributed by atoms with E-state index in [0.717, 1.165) is 5.56 Å². The number of carbonyl (C=O) groups is 1. The third-order valence-electron chi connectivity index (χ3n) is 3.44. The Balaban J connectivity index is 2.05. The molecule has 1 atom stereocenters. The van der Waals surface area contributed by atoms with Crippen LogP contribution in [0.4, 0.5) is 0 Å². The summed E-state index contributed by atoms with van der Waals surface area (Å²) in [6.07, 6.45) is 0.0885. The van der Waals surface area contributed by atoms with Gasteiger partial charge in [0.2, 0.25) is 27.7 Å². The highest BCUT2D eigenvalue weighted by Gasteiger charge is 2.23. The number of hydrogen-bond donors (Lipinski definition) is 2. The van der Waals surface area contributed by atoms with Crippen molar-refractivity contribution >= 4 is 15.9 Å². The normalized spacial score (nSPS) is 12.8. The molecule has 0 spiro atoms. The van der Waals surface area contributed by atoms with Gasteiger partial charge in [0.25, 0.3) is 0 Å². The molecule has 0 aliphatic carbocycles. The predicted molar refractivity (Wildman–Crippen MR) is 87.8 cm³/mol. The Morgan fingerprint density at radius 2 is 1.96 bits per heavy atom. The number of aryl methyl sites for hydroxylation is 1. The van der Waals surface area contributed by atoms with Gasteiger partial charge in [-0.25, -0.2) is 13.1 Å². The van der Waals surface area contributed by atoms with E-state index in [2.05, 4.69) is 20.2 Å². The van der Waals surface area contributed by atoms with Crippen LogP contribution in [0.1, 0.15) is 29.7 Å². The number of nitrogens with one attached hydrogen (secondary N) is 2. The molecule has 2 N–H and O–H groups in total. The van der Waals surface area contributed by atoms with Crippen molar-refractivity contribution in [3.05, 3.63) is 47.7 Å². The Bertz CT molecular complexity index is 774. The second kappa shape index (κ2) is 8.02. The van der Waals surface area contributed by atoms with E-state index in [1.165, 1.54) is 7.05 Å². The smallest absolute Gasteiger partial charge is 0.224 e. The van der Waals surface area contributed by atoms with Gasteiger partial charge in [-0.3, -0.25) is 4.79 Å². The van der Waals surface area contributed by atoms with Crippen LogP contribution in [0.3, 0.4) is 0 Å². The van der Waals surface area contributed by atoms with Crippen molar-refractivity contribution in [2.75, 3.05) is 19.3 Å². The van der Waals surface area contributed by atoms with E-state index in [1.54, 1.807) is 6.92 Å². The average Bonchev–Trinajstić information content (AvgIpc) is 2.99. The van der Waals surface area contributed by atoms with Crippen molar-refractivity contribution in [2.45, 2.75) is 19.3 Å². The molecule has 0 saturated carbocycles. The second-order valence-electron chi connectivity index (χ2n) is 5.20. The zero-order valence-corrected chi connectivity index (χ0v) is 14.3. The van der Waals surface area contributed by atoms with Gasteiger partial charge in [-0.2, -0.15) is 0 Å². The Morgan fingerprint density at radius 3 is 2.54 bits per heavy atom. The lowest BCUT2D eigenvalue weighted by atomic mass is 9.95. The monoisotopic (exact) mass is 352 g/mol. The number of carbonyl (C=O) groups excluding carboxylic acids is 1. The molecular formula is C15H20N4O4S. The maximum absolute atomic E-state index is 12.2. The second-order valence-corrected chi connectivity index (χ2v) is 7.25. The Kier molecular flexibility index (Phi) is 6.04. The summed E-state index contributed by atoms with van der Waals surface area (Å²) in [5.74, 6) is -0.0623. The number of hydrogen-bond acceptors (Lipinski definition) is 6. The van der Waals surface area contributed by atoms with E-state index >= 15 is 0 Å². The highest BCUT2D eigenvalue weighted by Crippen LogP contribution is 2.26. The number of benzene rings is 1. The van der Waals surface area contributed by atoms with E-state index in [9.17, 15) is 13.2 Å². The standard InChI is InChI=1S/C15H20N4O4S/c1-11-18-19-15(23-11)13(12-6-4-3-5-7-12)10-14(20)17-8-9-24(21,22)16-2/h3-7,13,16H,8-10H2,1-2H3,(H,17,20). The van der Waals surface area contributed by atoms with Gasteiger partial charge in [-0.15, -0.1) is 10.2 Å². The summed E-state index contributed by atoms with van der Waals surface area (Å²) >= 11 is 0. The molecule has 1 unspecified atom stereocenters. The summed E-state index contributed by atoms with van der Waals surface area (Å²) in [4.78, 5) is 12.2. The number of sulfonamides is 1. The summed E-state index contributed by atoms with van der Waals surface area (Å²) in [6, 6.07) is 9.36. The summed E-state index contributed by atoms with van der Waals surface area (Å²) < 4.78 is 30.4. The van der Waals surface area contributed by atoms with Gasteiger partial charge in [-0.1, -0.05) is 30.3 Å². The third kappa shape index (κ3) is 5.14. The van der Waals surface area contributed by atoms with Crippen molar-refractivity contribution in [2.24, 2.45) is 0 Å². The molecule has 0 aliphatic heterocycles. The summed E-state index contributed by atoms with van der Waals surface area (Å²) in [7, 11) is -2.02. The highest BCUT2D eigenvalue weighted by atomic mass is 32.2. The molecule has 24 heavy (non-hydrogen) atoms. The van der Waals surface area contributed by atoms with Crippen LogP contribution in [-0.2, 0) is 14.8 Å². The van der Waals surface area contributed by atoms with E-state index in [1.807, 2.05) is 30.3 Å². The molecule has 1 amide bonds. The Hall–Kier alpha value is -2.26. The predicted octanol–water partition coefficient (Wildman–Crippen LogP) is 0.565. The molecule has 0 fully saturated rings. The minimum Gasteiger partial charge on any atom is -0.425 e. The van der Waals surface area contributed by atoms with Crippen LogP contribution in [0.15, 0.2) is 34.7 Å². The van der Waals surface area contributed by atoms with Crippen LogP contribution in [0, 0.1) is 6.92 Å². The fourth-order valence-electron chi connectivity index (χ4n) is 2.17. The number of amides is 1. The van der Waals surface area contributed by atoms with Crippen LogP contribution < -0.4 is 10.0 Å². The first kappa shape index (κ1) is 18.1. The fourth-order valence-corrected chi connectivity index (χ4v) is 2.75. The maximum Gasteiger partial charge on any atom is 0.224 e. The van der Waals surface area contributed by atoms with Crippen LogP contribution in [-0.4, -0.2) is 43.9 Å². The zero-order chi connectivity index (χ0) is 17.6. The first-order chi connectivity index (χ1) is 11.4. The lowest BCUT2D eigenvalue weighted by molar-refractivity contribution is -0.121. The zero-order valence-electron chi connectivity index (χ0n) is 13.5. The SMILES string of the molecule is CNS(=O)(=O)CCNC(=O)CC(c1ccccc1)c1nnc(C)o1. The lowest BCUT2D eigenvalue weighted by Gasteiger charge is -2.13.